The fourth-order valence-corrected chi connectivity index (χ4v) is 3.15. The SMILES string of the molecule is CCC(C#N)S(=O)(=O)Nc1ncc(C#CCO)s1. The number of hydrogen-bond acceptors (Lipinski definition) is 6. The summed E-state index contributed by atoms with van der Waals surface area (Å²) in [7, 11) is -3.74. The molecule has 0 aliphatic heterocycles. The lowest BCUT2D eigenvalue weighted by molar-refractivity contribution is 0.350. The van der Waals surface area contributed by atoms with Crippen LogP contribution in [0.25, 0.3) is 0 Å². The van der Waals surface area contributed by atoms with E-state index in [0.29, 0.717) is 4.88 Å². The smallest absolute Gasteiger partial charge is 0.250 e. The Balaban J connectivity index is 2.86. The second-order valence-corrected chi connectivity index (χ2v) is 6.06. The standard InChI is InChI=1S/C10H11N3O3S2/c1-2-9(6-11)18(15,16)13-10-12-7-8(17-10)4-3-5-14/h7,9,14H,2,5H2,1H3,(H,12,13). The molecule has 1 aromatic rings. The first-order valence-electron chi connectivity index (χ1n) is 5.00. The van der Waals surface area contributed by atoms with Crippen LogP contribution in [0.4, 0.5) is 5.13 Å². The number of aliphatic hydroxyl groups excluding tert-OH is 1. The maximum absolute atomic E-state index is 11.7. The molecule has 18 heavy (non-hydrogen) atoms. The van der Waals surface area contributed by atoms with Crippen molar-refractivity contribution in [2.75, 3.05) is 11.3 Å². The summed E-state index contributed by atoms with van der Waals surface area (Å²) >= 11 is 1.04. The van der Waals surface area contributed by atoms with Crippen LogP contribution in [0, 0.1) is 23.2 Å². The number of hydrogen-bond donors (Lipinski definition) is 2. The molecule has 6 nitrogen and oxygen atoms in total. The summed E-state index contributed by atoms with van der Waals surface area (Å²) in [6.45, 7) is 1.35. The van der Waals surface area contributed by atoms with E-state index in [9.17, 15) is 8.42 Å². The summed E-state index contributed by atoms with van der Waals surface area (Å²) in [6.07, 6.45) is 1.60. The van der Waals surface area contributed by atoms with Gasteiger partial charge in [-0.25, -0.2) is 13.4 Å². The number of sulfonamides is 1. The van der Waals surface area contributed by atoms with Crippen LogP contribution in [0.1, 0.15) is 18.2 Å². The molecule has 0 aromatic carbocycles. The van der Waals surface area contributed by atoms with Gasteiger partial charge in [0.2, 0.25) is 0 Å². The van der Waals surface area contributed by atoms with Crippen molar-refractivity contribution in [3.05, 3.63) is 11.1 Å². The third-order valence-corrected chi connectivity index (χ3v) is 4.54. The molecule has 1 aromatic heterocycles. The summed E-state index contributed by atoms with van der Waals surface area (Å²) in [5.41, 5.74) is 0. The second-order valence-electron chi connectivity index (χ2n) is 3.16. The summed E-state index contributed by atoms with van der Waals surface area (Å²) < 4.78 is 25.7. The van der Waals surface area contributed by atoms with Gasteiger partial charge < -0.3 is 5.11 Å². The minimum Gasteiger partial charge on any atom is -0.384 e. The van der Waals surface area contributed by atoms with Crippen molar-refractivity contribution in [2.24, 2.45) is 0 Å². The zero-order chi connectivity index (χ0) is 13.6. The van der Waals surface area contributed by atoms with Crippen molar-refractivity contribution < 1.29 is 13.5 Å². The molecule has 0 aliphatic rings. The lowest BCUT2D eigenvalue weighted by atomic mass is 10.4. The van der Waals surface area contributed by atoms with E-state index in [4.69, 9.17) is 10.4 Å². The average Bonchev–Trinajstić information content (AvgIpc) is 2.74. The zero-order valence-electron chi connectivity index (χ0n) is 9.54. The maximum Gasteiger partial charge on any atom is 0.250 e. The molecule has 0 aliphatic carbocycles. The molecule has 1 unspecified atom stereocenters. The van der Waals surface area contributed by atoms with Gasteiger partial charge in [0.15, 0.2) is 10.4 Å². The molecule has 1 rings (SSSR count). The summed E-state index contributed by atoms with van der Waals surface area (Å²) in [5, 5.41) is 16.3. The molecule has 0 radical (unpaired) electrons. The van der Waals surface area contributed by atoms with Gasteiger partial charge in [0.1, 0.15) is 6.61 Å². The van der Waals surface area contributed by atoms with Crippen molar-refractivity contribution in [3.63, 3.8) is 0 Å². The molecular formula is C10H11N3O3S2. The van der Waals surface area contributed by atoms with Gasteiger partial charge in [-0.3, -0.25) is 4.72 Å². The van der Waals surface area contributed by atoms with E-state index >= 15 is 0 Å². The van der Waals surface area contributed by atoms with E-state index < -0.39 is 15.3 Å². The van der Waals surface area contributed by atoms with E-state index in [2.05, 4.69) is 21.5 Å². The molecule has 1 heterocycles. The number of nitriles is 1. The van der Waals surface area contributed by atoms with Crippen LogP contribution in [-0.4, -0.2) is 30.4 Å². The van der Waals surface area contributed by atoms with Crippen molar-refractivity contribution in [1.29, 1.82) is 5.26 Å². The van der Waals surface area contributed by atoms with Crippen LogP contribution in [0.5, 0.6) is 0 Å². The molecule has 8 heteroatoms. The number of aliphatic hydroxyl groups is 1. The van der Waals surface area contributed by atoms with E-state index in [1.807, 2.05) is 0 Å². The predicted molar refractivity (Wildman–Crippen MR) is 68.3 cm³/mol. The Kier molecular flexibility index (Phi) is 5.10. The highest BCUT2D eigenvalue weighted by atomic mass is 32.2. The van der Waals surface area contributed by atoms with Crippen LogP contribution in [-0.2, 0) is 10.0 Å². The fraction of sp³-hybridized carbons (Fsp3) is 0.400. The van der Waals surface area contributed by atoms with Crippen LogP contribution in [0.3, 0.4) is 0 Å². The average molecular weight is 285 g/mol. The Hall–Kier alpha value is -1.61. The summed E-state index contributed by atoms with van der Waals surface area (Å²) in [4.78, 5) is 4.37. The number of rotatable bonds is 4. The highest BCUT2D eigenvalue weighted by Crippen LogP contribution is 2.20. The lowest BCUT2D eigenvalue weighted by Gasteiger charge is -2.07. The topological polar surface area (TPSA) is 103 Å². The van der Waals surface area contributed by atoms with E-state index in [1.165, 1.54) is 6.20 Å². The summed E-state index contributed by atoms with van der Waals surface area (Å²) in [5.74, 6) is 5.05. The highest BCUT2D eigenvalue weighted by molar-refractivity contribution is 7.93. The number of anilines is 1. The third-order valence-electron chi connectivity index (χ3n) is 1.92. The van der Waals surface area contributed by atoms with Crippen molar-refractivity contribution in [3.8, 4) is 17.9 Å². The van der Waals surface area contributed by atoms with Crippen LogP contribution in [0.15, 0.2) is 6.20 Å². The van der Waals surface area contributed by atoms with Gasteiger partial charge >= 0.3 is 0 Å². The molecule has 0 saturated heterocycles. The Bertz CT molecular complexity index is 604. The van der Waals surface area contributed by atoms with Gasteiger partial charge in [-0.15, -0.1) is 0 Å². The molecule has 96 valence electrons. The normalized spacial score (nSPS) is 12.1. The van der Waals surface area contributed by atoms with Crippen LogP contribution >= 0.6 is 11.3 Å². The largest absolute Gasteiger partial charge is 0.384 e. The predicted octanol–water partition coefficient (Wildman–Crippen LogP) is 0.531. The van der Waals surface area contributed by atoms with Gasteiger partial charge in [-0.1, -0.05) is 30.1 Å². The van der Waals surface area contributed by atoms with Crippen molar-refractivity contribution >= 4 is 26.5 Å². The monoisotopic (exact) mass is 285 g/mol. The zero-order valence-corrected chi connectivity index (χ0v) is 11.2. The van der Waals surface area contributed by atoms with E-state index in [0.717, 1.165) is 11.3 Å². The minimum atomic E-state index is -3.74. The highest BCUT2D eigenvalue weighted by Gasteiger charge is 2.24. The van der Waals surface area contributed by atoms with Gasteiger partial charge in [-0.05, 0) is 6.42 Å². The molecule has 1 atom stereocenters. The van der Waals surface area contributed by atoms with E-state index in [-0.39, 0.29) is 18.2 Å². The van der Waals surface area contributed by atoms with Gasteiger partial charge in [0, 0.05) is 0 Å². The number of aromatic nitrogens is 1. The van der Waals surface area contributed by atoms with Crippen molar-refractivity contribution in [1.82, 2.24) is 4.98 Å². The van der Waals surface area contributed by atoms with Crippen molar-refractivity contribution in [2.45, 2.75) is 18.6 Å². The van der Waals surface area contributed by atoms with Crippen LogP contribution < -0.4 is 4.72 Å². The van der Waals surface area contributed by atoms with Gasteiger partial charge in [0.05, 0.1) is 17.1 Å². The first-order valence-corrected chi connectivity index (χ1v) is 7.36. The maximum atomic E-state index is 11.7. The van der Waals surface area contributed by atoms with Gasteiger partial charge in [0.25, 0.3) is 10.0 Å². The molecule has 0 fully saturated rings. The molecule has 0 amide bonds. The molecule has 0 bridgehead atoms. The Morgan fingerprint density at radius 1 is 1.67 bits per heavy atom. The first-order chi connectivity index (χ1) is 8.53. The lowest BCUT2D eigenvalue weighted by Crippen LogP contribution is -2.25. The number of thiazole rings is 1. The number of nitrogens with zero attached hydrogens (tertiary/aromatic N) is 2. The number of nitrogens with one attached hydrogen (secondary N) is 1. The van der Waals surface area contributed by atoms with Crippen LogP contribution in [0.2, 0.25) is 0 Å². The Morgan fingerprint density at radius 3 is 2.94 bits per heavy atom. The molecular weight excluding hydrogens is 274 g/mol. The Labute approximate surface area is 109 Å². The molecule has 0 spiro atoms. The van der Waals surface area contributed by atoms with Gasteiger partial charge in [-0.2, -0.15) is 5.26 Å². The second kappa shape index (κ2) is 6.36. The quantitative estimate of drug-likeness (QED) is 0.785. The summed E-state index contributed by atoms with van der Waals surface area (Å²) in [6, 6.07) is 1.72. The molecule has 2 N–H and O–H groups in total. The Morgan fingerprint density at radius 2 is 2.39 bits per heavy atom. The first kappa shape index (κ1) is 14.5. The van der Waals surface area contributed by atoms with E-state index in [1.54, 1.807) is 13.0 Å². The minimum absolute atomic E-state index is 0.158. The fourth-order valence-electron chi connectivity index (χ4n) is 1.08. The third kappa shape index (κ3) is 3.70. The molecule has 0 saturated carbocycles.